The number of nitrogens with zero attached hydrogens (tertiary/aromatic N) is 6. The second-order valence-corrected chi connectivity index (χ2v) is 21.5. The molecular weight excluding hydrogens is 976 g/mol. The van der Waals surface area contributed by atoms with Gasteiger partial charge in [0.25, 0.3) is 5.92 Å². The Labute approximate surface area is 379 Å². The van der Waals surface area contributed by atoms with Crippen molar-refractivity contribution in [3.63, 3.8) is 0 Å². The molecule has 1 saturated carbocycles. The van der Waals surface area contributed by atoms with Gasteiger partial charge in [-0.1, -0.05) is 23.6 Å². The summed E-state index contributed by atoms with van der Waals surface area (Å²) in [5.41, 5.74) is -1.12. The number of fused-ring (bicyclic) bond motifs is 4. The molecule has 0 bridgehead atoms. The summed E-state index contributed by atoms with van der Waals surface area (Å²) in [5, 5.41) is 6.28. The number of alkyl halides is 8. The van der Waals surface area contributed by atoms with Crippen molar-refractivity contribution >= 4 is 60.0 Å². The first-order valence-electron chi connectivity index (χ1n) is 19.5. The molecule has 0 saturated heterocycles. The summed E-state index contributed by atoms with van der Waals surface area (Å²) in [5.74, 6) is -10.4. The van der Waals surface area contributed by atoms with Crippen molar-refractivity contribution in [2.24, 2.45) is 11.7 Å². The van der Waals surface area contributed by atoms with Gasteiger partial charge in [-0.3, -0.25) is 14.3 Å². The van der Waals surface area contributed by atoms with Gasteiger partial charge >= 0.3 is 12.4 Å². The second-order valence-electron chi connectivity index (χ2n) is 16.7. The minimum atomic E-state index is -5.39. The first kappa shape index (κ1) is 49.2. The monoisotopic (exact) mass is 1010 g/mol. The van der Waals surface area contributed by atoms with Gasteiger partial charge in [0, 0.05) is 47.8 Å². The minimum Gasteiger partial charge on any atom is -0.368 e. The van der Waals surface area contributed by atoms with Gasteiger partial charge in [0.2, 0.25) is 21.8 Å². The van der Waals surface area contributed by atoms with E-state index >= 15 is 8.78 Å². The number of anilines is 1. The Morgan fingerprint density at radius 2 is 1.58 bits per heavy atom. The first-order valence-corrected chi connectivity index (χ1v) is 23.6. The van der Waals surface area contributed by atoms with Gasteiger partial charge in [-0.25, -0.2) is 35.3 Å². The lowest BCUT2D eigenvalue weighted by Crippen LogP contribution is -2.37. The fourth-order valence-electron chi connectivity index (χ4n) is 8.27. The first-order chi connectivity index (χ1) is 30.6. The van der Waals surface area contributed by atoms with Crippen molar-refractivity contribution in [1.29, 1.82) is 0 Å². The molecule has 0 aliphatic heterocycles. The number of primary amides is 1. The van der Waals surface area contributed by atoms with E-state index in [1.807, 2.05) is 0 Å². The quantitative estimate of drug-likeness (QED) is 0.103. The molecule has 2 aliphatic carbocycles. The Morgan fingerprint density at radius 3 is 2.12 bits per heavy atom. The maximum absolute atomic E-state index is 16.2. The normalized spacial score (nSPS) is 17.9. The van der Waals surface area contributed by atoms with Crippen molar-refractivity contribution in [2.75, 3.05) is 16.8 Å². The average molecular weight is 1010 g/mol. The van der Waals surface area contributed by atoms with Crippen LogP contribution in [0.1, 0.15) is 79.0 Å². The Balaban J connectivity index is 1.64. The highest BCUT2D eigenvalue weighted by Gasteiger charge is 2.69. The number of hydrogen-bond donors (Lipinski definition) is 1. The molecule has 2 amide bonds. The molecule has 5 aromatic rings. The molecular formula is C41H34ClF10N7O6S2. The lowest BCUT2D eigenvalue weighted by molar-refractivity contribution is -0.143. The Hall–Kier alpha value is -5.74. The molecule has 2 N–H and O–H groups in total. The predicted octanol–water partition coefficient (Wildman–Crippen LogP) is 7.56. The number of aromatic nitrogens is 5. The highest BCUT2D eigenvalue weighted by atomic mass is 35.5. The van der Waals surface area contributed by atoms with E-state index in [1.165, 1.54) is 13.8 Å². The summed E-state index contributed by atoms with van der Waals surface area (Å²) in [7, 11) is -8.62. The molecule has 3 heterocycles. The number of amides is 2. The number of pyridine rings is 1. The molecule has 67 heavy (non-hydrogen) atoms. The van der Waals surface area contributed by atoms with E-state index in [4.69, 9.17) is 17.3 Å². The average Bonchev–Trinajstić information content (AvgIpc) is 3.66. The zero-order valence-corrected chi connectivity index (χ0v) is 37.5. The maximum atomic E-state index is 16.2. The number of halogens is 11. The van der Waals surface area contributed by atoms with Gasteiger partial charge in [-0.15, -0.1) is 0 Å². The molecule has 26 heteroatoms. The van der Waals surface area contributed by atoms with Crippen LogP contribution >= 0.6 is 11.6 Å². The van der Waals surface area contributed by atoms with Crippen molar-refractivity contribution < 1.29 is 70.3 Å². The molecule has 0 spiro atoms. The van der Waals surface area contributed by atoms with E-state index in [2.05, 4.69) is 27.0 Å². The fourth-order valence-corrected chi connectivity index (χ4v) is 9.65. The van der Waals surface area contributed by atoms with Crippen molar-refractivity contribution in [1.82, 2.24) is 24.5 Å². The molecule has 1 unspecified atom stereocenters. The zero-order valence-electron chi connectivity index (χ0n) is 35.2. The summed E-state index contributed by atoms with van der Waals surface area (Å²) in [6.45, 7) is 1.18. The van der Waals surface area contributed by atoms with Crippen LogP contribution in [0.5, 0.6) is 0 Å². The van der Waals surface area contributed by atoms with Crippen molar-refractivity contribution in [3.05, 3.63) is 93.0 Å². The Morgan fingerprint density at radius 1 is 0.970 bits per heavy atom. The number of rotatable bonds is 11. The second kappa shape index (κ2) is 16.2. The van der Waals surface area contributed by atoms with Crippen LogP contribution in [0.3, 0.4) is 0 Å². The lowest BCUT2D eigenvalue weighted by atomic mass is 9.84. The van der Waals surface area contributed by atoms with Gasteiger partial charge in [-0.05, 0) is 74.4 Å². The van der Waals surface area contributed by atoms with Crippen LogP contribution in [0, 0.1) is 29.4 Å². The number of carbonyl (C=O) groups excluding carboxylic acids is 2. The molecule has 7 rings (SSSR count). The maximum Gasteiger partial charge on any atom is 0.435 e. The van der Waals surface area contributed by atoms with Crippen LogP contribution in [-0.4, -0.2) is 76.6 Å². The molecule has 1 fully saturated rings. The molecule has 3 aromatic heterocycles. The molecule has 2 aromatic carbocycles. The van der Waals surface area contributed by atoms with Crippen molar-refractivity contribution in [2.45, 2.75) is 81.1 Å². The van der Waals surface area contributed by atoms with Gasteiger partial charge in [0.15, 0.2) is 21.3 Å². The highest BCUT2D eigenvalue weighted by molar-refractivity contribution is 7.93. The Kier molecular flexibility index (Phi) is 11.9. The van der Waals surface area contributed by atoms with Crippen LogP contribution in [0.25, 0.3) is 22.0 Å². The summed E-state index contributed by atoms with van der Waals surface area (Å²) in [6, 6.07) is 3.60. The molecule has 2 aliphatic rings. The van der Waals surface area contributed by atoms with Gasteiger partial charge in [-0.2, -0.15) is 49.6 Å². The van der Waals surface area contributed by atoms with E-state index in [9.17, 15) is 61.5 Å². The van der Waals surface area contributed by atoms with E-state index in [1.54, 1.807) is 0 Å². The molecule has 4 atom stereocenters. The number of carbonyl (C=O) groups is 2. The highest BCUT2D eigenvalue weighted by Crippen LogP contribution is 2.69. The van der Waals surface area contributed by atoms with E-state index in [0.717, 1.165) is 49.6 Å². The van der Waals surface area contributed by atoms with E-state index in [0.29, 0.717) is 12.3 Å². The smallest absolute Gasteiger partial charge is 0.368 e. The van der Waals surface area contributed by atoms with Crippen LogP contribution in [-0.2, 0) is 54.5 Å². The van der Waals surface area contributed by atoms with Gasteiger partial charge in [0.1, 0.15) is 40.4 Å². The summed E-state index contributed by atoms with van der Waals surface area (Å²) in [4.78, 5) is 31.2. The van der Waals surface area contributed by atoms with Gasteiger partial charge in [0.05, 0.1) is 27.9 Å². The fraction of sp³-hybridized carbons (Fsp3) is 0.390. The summed E-state index contributed by atoms with van der Waals surface area (Å²) in [6.07, 6.45) is -10.4. The standard InChI is InChI=1S/C41H34ClF10N7O6S2/c1-18(60)59(67(5,64)65)37-30-28(42)9-8-24(32(30)57(56-37)17-39(45,46)47)23-7-6-22(10-11-38(2,3)66(4,62)63)54-31(23)26(14-19-12-20(43)15-21(44)13-19)33(36(53)61)58-35-29(34(55-58)41(50,51)52)25-16-27(25)40(35,48)49/h6-9,12-13,15,25-27,33H,14,16-17H2,1-5H3,(H2,53,61)/t25-,26+,27+,33?/m0/s1. The van der Waals surface area contributed by atoms with E-state index < -0.39 is 164 Å². The topological polar surface area (TPSA) is 180 Å². The zero-order chi connectivity index (χ0) is 49.9. The van der Waals surface area contributed by atoms with Crippen LogP contribution < -0.4 is 10.0 Å². The molecule has 13 nitrogen and oxygen atoms in total. The molecule has 0 radical (unpaired) electrons. The third-order valence-electron chi connectivity index (χ3n) is 11.4. The van der Waals surface area contributed by atoms with Crippen molar-refractivity contribution in [3.8, 4) is 23.0 Å². The van der Waals surface area contributed by atoms with Gasteiger partial charge < -0.3 is 5.73 Å². The summed E-state index contributed by atoms with van der Waals surface area (Å²) < 4.78 is 199. The van der Waals surface area contributed by atoms with Crippen LogP contribution in [0.15, 0.2) is 42.5 Å². The number of sulfonamides is 1. The third kappa shape index (κ3) is 9.06. The van der Waals surface area contributed by atoms with Crippen LogP contribution in [0.2, 0.25) is 5.02 Å². The molecule has 358 valence electrons. The minimum absolute atomic E-state index is 0.0604. The lowest BCUT2D eigenvalue weighted by Gasteiger charge is -2.29. The predicted molar refractivity (Wildman–Crippen MR) is 221 cm³/mol. The van der Waals surface area contributed by atoms with Crippen LogP contribution in [0.4, 0.5) is 49.7 Å². The number of benzene rings is 2. The Bertz CT molecular complexity index is 3190. The largest absolute Gasteiger partial charge is 0.435 e. The SMILES string of the molecule is CC(=O)N(c1nn(CC(F)(F)F)c2c(-c3ccc(C#CC(C)(C)S(C)(=O)=O)nc3[C@@H](Cc3cc(F)cc(F)c3)C(C(N)=O)n3nc(C(F)(F)F)c4c3C(F)(F)[C@@H]3C[C@H]43)ccc(Cl)c12)S(C)(=O)=O. The third-order valence-corrected chi connectivity index (χ3v) is 14.8. The number of hydrogen-bond acceptors (Lipinski definition) is 9. The number of sulfone groups is 1. The summed E-state index contributed by atoms with van der Waals surface area (Å²) >= 11 is 6.54. The number of nitrogens with two attached hydrogens (primary N) is 1. The van der Waals surface area contributed by atoms with E-state index in [-0.39, 0.29) is 25.7 Å².